The molecule has 5 rings (SSSR count). The van der Waals surface area contributed by atoms with Crippen molar-refractivity contribution < 1.29 is 33.0 Å². The van der Waals surface area contributed by atoms with Crippen molar-refractivity contribution in [1.82, 2.24) is 5.16 Å². The van der Waals surface area contributed by atoms with Crippen LogP contribution in [0, 0.1) is 0 Å². The molecule has 1 aromatic heterocycles. The highest BCUT2D eigenvalue weighted by Crippen LogP contribution is 2.60. The van der Waals surface area contributed by atoms with E-state index in [9.17, 15) is 9.59 Å². The van der Waals surface area contributed by atoms with Gasteiger partial charge in [0.25, 0.3) is 0 Å². The molecular weight excluding hydrogens is 440 g/mol. The second-order valence-electron chi connectivity index (χ2n) is 7.03. The van der Waals surface area contributed by atoms with E-state index in [0.717, 1.165) is 0 Å². The van der Waals surface area contributed by atoms with Gasteiger partial charge >= 0.3 is 5.63 Å². The van der Waals surface area contributed by atoms with Crippen LogP contribution in [0.5, 0.6) is 28.7 Å². The van der Waals surface area contributed by atoms with Gasteiger partial charge in [-0.05, 0) is 17.7 Å². The highest BCUT2D eigenvalue weighted by Gasteiger charge is 2.39. The molecule has 166 valence electrons. The second kappa shape index (κ2) is 7.52. The molecule has 10 nitrogen and oxygen atoms in total. The van der Waals surface area contributed by atoms with E-state index in [1.54, 1.807) is 12.1 Å². The number of nitrogens with zero attached hydrogens (tertiary/aromatic N) is 1. The van der Waals surface area contributed by atoms with Crippen LogP contribution in [0.1, 0.15) is 16.5 Å². The summed E-state index contributed by atoms with van der Waals surface area (Å²) in [5, 5.41) is 4.40. The van der Waals surface area contributed by atoms with E-state index < -0.39 is 16.8 Å². The molecule has 0 fully saturated rings. The molecule has 2 aromatic carbocycles. The summed E-state index contributed by atoms with van der Waals surface area (Å²) in [7, 11) is 4.52. The van der Waals surface area contributed by atoms with Gasteiger partial charge in [-0.2, -0.15) is 0 Å². The molecule has 1 amide bonds. The van der Waals surface area contributed by atoms with E-state index in [2.05, 4.69) is 5.16 Å². The predicted molar refractivity (Wildman–Crippen MR) is 115 cm³/mol. The largest absolute Gasteiger partial charge is 0.493 e. The van der Waals surface area contributed by atoms with E-state index in [1.165, 1.54) is 33.1 Å². The van der Waals surface area contributed by atoms with Crippen molar-refractivity contribution in [3.8, 4) is 39.9 Å². The smallest absolute Gasteiger partial charge is 0.366 e. The lowest BCUT2D eigenvalue weighted by molar-refractivity contribution is -0.115. The Hall–Kier alpha value is -3.60. The minimum atomic E-state index is -0.613. The van der Waals surface area contributed by atoms with E-state index in [1.807, 2.05) is 0 Å². The fourth-order valence-electron chi connectivity index (χ4n) is 4.20. The Labute approximate surface area is 185 Å². The molecule has 0 bridgehead atoms. The summed E-state index contributed by atoms with van der Waals surface area (Å²) in [6, 6.07) is 3.36. The van der Waals surface area contributed by atoms with Gasteiger partial charge < -0.3 is 33.9 Å². The third-order valence-corrected chi connectivity index (χ3v) is 6.65. The van der Waals surface area contributed by atoms with Crippen LogP contribution in [0.2, 0.25) is 0 Å². The summed E-state index contributed by atoms with van der Waals surface area (Å²) in [6.45, 7) is 0.00631. The molecule has 11 heteroatoms. The number of primary amides is 1. The van der Waals surface area contributed by atoms with Crippen LogP contribution >= 0.6 is 11.8 Å². The van der Waals surface area contributed by atoms with E-state index in [4.69, 9.17) is 33.9 Å². The molecule has 0 saturated heterocycles. The second-order valence-corrected chi connectivity index (χ2v) is 8.12. The standard InChI is InChI=1S/C21H18N2O8S/c1-26-10-4-8-14-13-9(5-11-17(14)30-7-29-11)21(25)31-23-16(13)20(32-6-12(22)24)15(8)19(28-3)18(10)27-2/h4-5,20H,6-7H2,1-3H3,(H2,22,24)/t20-/m1/s1. The lowest BCUT2D eigenvalue weighted by Crippen LogP contribution is -2.18. The number of nitrogens with two attached hydrogens (primary N) is 1. The number of benzene rings is 2. The van der Waals surface area contributed by atoms with E-state index in [0.29, 0.717) is 61.9 Å². The number of carbonyl (C=O) groups is 1. The zero-order valence-corrected chi connectivity index (χ0v) is 18.2. The first-order chi connectivity index (χ1) is 15.5. The number of amides is 1. The molecule has 0 saturated carbocycles. The van der Waals surface area contributed by atoms with Crippen LogP contribution in [-0.4, -0.2) is 44.9 Å². The summed E-state index contributed by atoms with van der Waals surface area (Å²) >= 11 is 1.24. The van der Waals surface area contributed by atoms with Crippen molar-refractivity contribution in [1.29, 1.82) is 0 Å². The Balaban J connectivity index is 1.96. The Kier molecular flexibility index (Phi) is 4.77. The number of rotatable bonds is 6. The molecule has 32 heavy (non-hydrogen) atoms. The molecule has 0 spiro atoms. The molecule has 0 unspecified atom stereocenters. The number of aromatic nitrogens is 1. The summed E-state index contributed by atoms with van der Waals surface area (Å²) in [5.74, 6) is 1.59. The van der Waals surface area contributed by atoms with Crippen LogP contribution in [0.4, 0.5) is 0 Å². The number of fused-ring (bicyclic) bond motifs is 4. The SMILES string of the molecule is COc1cc2c(c(OC)c1OC)[C@@H](SCC(N)=O)c1noc(=O)c3cc4c(c-2c13)OCO4. The third-order valence-electron chi connectivity index (χ3n) is 5.41. The Morgan fingerprint density at radius 1 is 1.19 bits per heavy atom. The van der Waals surface area contributed by atoms with Crippen molar-refractivity contribution in [3.63, 3.8) is 0 Å². The first-order valence-electron chi connectivity index (χ1n) is 9.49. The van der Waals surface area contributed by atoms with Gasteiger partial charge in [0, 0.05) is 16.5 Å². The van der Waals surface area contributed by atoms with Gasteiger partial charge in [-0.1, -0.05) is 5.16 Å². The lowest BCUT2D eigenvalue weighted by Gasteiger charge is -2.29. The fourth-order valence-corrected chi connectivity index (χ4v) is 5.25. The number of carbonyl (C=O) groups excluding carboxylic acids is 1. The van der Waals surface area contributed by atoms with Crippen LogP contribution in [0.25, 0.3) is 21.9 Å². The lowest BCUT2D eigenvalue weighted by atomic mass is 9.84. The predicted octanol–water partition coefficient (Wildman–Crippen LogP) is 2.23. The average molecular weight is 458 g/mol. The number of methoxy groups -OCH3 is 3. The number of thioether (sulfide) groups is 1. The minimum Gasteiger partial charge on any atom is -0.493 e. The summed E-state index contributed by atoms with van der Waals surface area (Å²) in [5.41, 5.74) is 7.20. The van der Waals surface area contributed by atoms with Crippen LogP contribution in [0.3, 0.4) is 0 Å². The normalized spacial score (nSPS) is 15.4. The van der Waals surface area contributed by atoms with E-state index >= 15 is 0 Å². The van der Waals surface area contributed by atoms with Gasteiger partial charge in [0.15, 0.2) is 23.0 Å². The average Bonchev–Trinajstić information content (AvgIpc) is 3.26. The Bertz CT molecular complexity index is 1340. The Morgan fingerprint density at radius 2 is 1.97 bits per heavy atom. The maximum Gasteiger partial charge on any atom is 0.366 e. The number of hydrogen-bond acceptors (Lipinski definition) is 10. The third kappa shape index (κ3) is 2.77. The first kappa shape index (κ1) is 20.3. The highest BCUT2D eigenvalue weighted by atomic mass is 32.2. The summed E-state index contributed by atoms with van der Waals surface area (Å²) in [4.78, 5) is 24.2. The van der Waals surface area contributed by atoms with Crippen molar-refractivity contribution in [3.05, 3.63) is 33.8 Å². The van der Waals surface area contributed by atoms with Gasteiger partial charge in [0.05, 0.1) is 37.7 Å². The van der Waals surface area contributed by atoms with Crippen molar-refractivity contribution in [2.45, 2.75) is 5.25 Å². The molecule has 1 atom stereocenters. The molecule has 2 heterocycles. The van der Waals surface area contributed by atoms with Gasteiger partial charge in [0.1, 0.15) is 5.69 Å². The van der Waals surface area contributed by atoms with Gasteiger partial charge in [-0.3, -0.25) is 4.79 Å². The van der Waals surface area contributed by atoms with Crippen LogP contribution in [-0.2, 0) is 4.79 Å². The van der Waals surface area contributed by atoms with Crippen molar-refractivity contribution in [2.24, 2.45) is 5.73 Å². The summed E-state index contributed by atoms with van der Waals surface area (Å²) in [6.07, 6.45) is 0. The van der Waals surface area contributed by atoms with Crippen LogP contribution < -0.4 is 35.0 Å². The molecular formula is C21H18N2O8S. The quantitative estimate of drug-likeness (QED) is 0.586. The molecule has 3 aromatic rings. The topological polar surface area (TPSA) is 132 Å². The Morgan fingerprint density at radius 3 is 2.66 bits per heavy atom. The van der Waals surface area contributed by atoms with E-state index in [-0.39, 0.29) is 12.5 Å². The molecule has 2 N–H and O–H groups in total. The molecule has 0 radical (unpaired) electrons. The molecule has 2 aliphatic rings. The maximum absolute atomic E-state index is 12.6. The molecule has 1 aliphatic carbocycles. The maximum atomic E-state index is 12.6. The van der Waals surface area contributed by atoms with Gasteiger partial charge in [-0.15, -0.1) is 11.8 Å². The molecule has 1 aliphatic heterocycles. The monoisotopic (exact) mass is 458 g/mol. The highest BCUT2D eigenvalue weighted by molar-refractivity contribution is 8.00. The summed E-state index contributed by atoms with van der Waals surface area (Å²) < 4.78 is 33.3. The van der Waals surface area contributed by atoms with Crippen molar-refractivity contribution in [2.75, 3.05) is 33.9 Å². The van der Waals surface area contributed by atoms with Gasteiger partial charge in [0.2, 0.25) is 18.4 Å². The van der Waals surface area contributed by atoms with Gasteiger partial charge in [-0.25, -0.2) is 4.79 Å². The minimum absolute atomic E-state index is 0.00376. The zero-order chi connectivity index (χ0) is 22.6. The first-order valence-corrected chi connectivity index (χ1v) is 10.5. The number of ether oxygens (including phenoxy) is 5. The number of hydrogen-bond donors (Lipinski definition) is 1. The van der Waals surface area contributed by atoms with Crippen LogP contribution in [0.15, 0.2) is 21.5 Å². The fraction of sp³-hybridized carbons (Fsp3) is 0.286. The van der Waals surface area contributed by atoms with Crippen molar-refractivity contribution >= 4 is 28.4 Å². The zero-order valence-electron chi connectivity index (χ0n) is 17.3.